The third kappa shape index (κ3) is 5.27. The first-order chi connectivity index (χ1) is 17.6. The van der Waals surface area contributed by atoms with E-state index in [0.717, 1.165) is 66.2 Å². The van der Waals surface area contributed by atoms with E-state index in [1.54, 1.807) is 12.1 Å². The van der Waals surface area contributed by atoms with E-state index in [-0.39, 0.29) is 6.61 Å². The molecule has 1 aliphatic rings. The number of likely N-dealkylation sites (tertiary alicyclic amines) is 1. The molecule has 0 saturated carbocycles. The number of hydrogen-bond donors (Lipinski definition) is 2. The Balaban J connectivity index is 1.15. The number of carboxylic acids is 1. The molecule has 0 amide bonds. The molecule has 0 spiro atoms. The predicted molar refractivity (Wildman–Crippen MR) is 139 cm³/mol. The number of aliphatic hydroxyl groups is 1. The second kappa shape index (κ2) is 10.9. The van der Waals surface area contributed by atoms with Gasteiger partial charge in [-0.3, -0.25) is 4.90 Å². The molecule has 36 heavy (non-hydrogen) atoms. The van der Waals surface area contributed by atoms with E-state index in [9.17, 15) is 9.90 Å². The lowest BCUT2D eigenvalue weighted by Gasteiger charge is -2.33. The van der Waals surface area contributed by atoms with Crippen LogP contribution in [0.25, 0.3) is 11.0 Å². The van der Waals surface area contributed by atoms with Crippen LogP contribution in [0.3, 0.4) is 0 Å². The van der Waals surface area contributed by atoms with Gasteiger partial charge >= 0.3 is 5.97 Å². The average molecular weight is 486 g/mol. The van der Waals surface area contributed by atoms with E-state index < -0.39 is 5.97 Å². The number of piperidine rings is 1. The number of nitrogens with zero attached hydrogens (tertiary/aromatic N) is 3. The summed E-state index contributed by atoms with van der Waals surface area (Å²) >= 11 is 0. The van der Waals surface area contributed by atoms with Crippen molar-refractivity contribution in [2.45, 2.75) is 31.9 Å². The van der Waals surface area contributed by atoms with E-state index in [1.807, 2.05) is 48.5 Å². The van der Waals surface area contributed by atoms with Gasteiger partial charge in [0.25, 0.3) is 0 Å². The molecule has 7 nitrogen and oxygen atoms in total. The molecule has 7 heteroatoms. The van der Waals surface area contributed by atoms with Crippen LogP contribution < -0.4 is 4.74 Å². The fourth-order valence-corrected chi connectivity index (χ4v) is 5.07. The summed E-state index contributed by atoms with van der Waals surface area (Å²) in [5, 5.41) is 18.9. The van der Waals surface area contributed by atoms with Crippen LogP contribution in [0, 0.1) is 0 Å². The number of carbonyl (C=O) groups is 1. The third-order valence-electron chi connectivity index (χ3n) is 6.97. The van der Waals surface area contributed by atoms with Gasteiger partial charge in [0.2, 0.25) is 0 Å². The Kier molecular flexibility index (Phi) is 7.30. The van der Waals surface area contributed by atoms with E-state index in [0.29, 0.717) is 24.6 Å². The second-order valence-corrected chi connectivity index (χ2v) is 9.25. The van der Waals surface area contributed by atoms with Crippen molar-refractivity contribution >= 4 is 17.0 Å². The fraction of sp³-hybridized carbons (Fsp3) is 0.310. The minimum absolute atomic E-state index is 0.0498. The average Bonchev–Trinajstić information content (AvgIpc) is 3.29. The highest BCUT2D eigenvalue weighted by molar-refractivity contribution is 5.87. The minimum atomic E-state index is -0.915. The molecule has 0 unspecified atom stereocenters. The summed E-state index contributed by atoms with van der Waals surface area (Å²) in [7, 11) is 0. The van der Waals surface area contributed by atoms with Crippen LogP contribution in [0.4, 0.5) is 0 Å². The van der Waals surface area contributed by atoms with Gasteiger partial charge in [0, 0.05) is 32.1 Å². The van der Waals surface area contributed by atoms with Gasteiger partial charge in [-0.25, -0.2) is 9.78 Å². The summed E-state index contributed by atoms with van der Waals surface area (Å²) in [6.45, 7) is 3.36. The van der Waals surface area contributed by atoms with Gasteiger partial charge in [0.05, 0.1) is 16.6 Å². The molecule has 186 valence electrons. The van der Waals surface area contributed by atoms with Crippen LogP contribution in [-0.4, -0.2) is 56.9 Å². The molecule has 2 heterocycles. The molecule has 0 bridgehead atoms. The number of ether oxygens (including phenoxy) is 1. The normalized spacial score (nSPS) is 14.8. The summed E-state index contributed by atoms with van der Waals surface area (Å²) in [5.41, 5.74) is 4.46. The summed E-state index contributed by atoms with van der Waals surface area (Å²) in [4.78, 5) is 18.1. The first-order valence-corrected chi connectivity index (χ1v) is 12.4. The molecule has 0 atom stereocenters. The van der Waals surface area contributed by atoms with E-state index >= 15 is 0 Å². The highest BCUT2D eigenvalue weighted by atomic mass is 16.5. The summed E-state index contributed by atoms with van der Waals surface area (Å²) in [5.74, 6) is 0.695. The smallest absolute Gasteiger partial charge is 0.335 e. The van der Waals surface area contributed by atoms with Crippen molar-refractivity contribution in [3.8, 4) is 5.75 Å². The topological polar surface area (TPSA) is 87.8 Å². The SMILES string of the molecule is O=C(O)c1ccc(Cc2ccccc2OCCN2CCC(n3c(CO)nc4ccccc43)CC2)cc1. The largest absolute Gasteiger partial charge is 0.492 e. The van der Waals surface area contributed by atoms with E-state index in [1.165, 1.54) is 0 Å². The number of rotatable bonds is 9. The van der Waals surface area contributed by atoms with Crippen LogP contribution in [-0.2, 0) is 13.0 Å². The number of aromatic carboxylic acids is 1. The number of fused-ring (bicyclic) bond motifs is 1. The number of carboxylic acid groups (broad SMARTS) is 1. The molecule has 4 aromatic rings. The second-order valence-electron chi connectivity index (χ2n) is 9.25. The van der Waals surface area contributed by atoms with Crippen molar-refractivity contribution in [1.82, 2.24) is 14.5 Å². The quantitative estimate of drug-likeness (QED) is 0.362. The summed E-state index contributed by atoms with van der Waals surface area (Å²) in [6.07, 6.45) is 2.71. The Morgan fingerprint density at radius 2 is 1.69 bits per heavy atom. The number of imidazole rings is 1. The number of hydrogen-bond acceptors (Lipinski definition) is 5. The zero-order valence-corrected chi connectivity index (χ0v) is 20.2. The highest BCUT2D eigenvalue weighted by Gasteiger charge is 2.24. The molecule has 0 radical (unpaired) electrons. The maximum Gasteiger partial charge on any atom is 0.335 e. The Bertz CT molecular complexity index is 1320. The van der Waals surface area contributed by atoms with Crippen molar-refractivity contribution in [3.05, 3.63) is 95.3 Å². The third-order valence-corrected chi connectivity index (χ3v) is 6.97. The molecule has 2 N–H and O–H groups in total. The summed E-state index contributed by atoms with van der Waals surface area (Å²) in [6, 6.07) is 23.4. The molecule has 1 saturated heterocycles. The Hall–Kier alpha value is -3.68. The highest BCUT2D eigenvalue weighted by Crippen LogP contribution is 2.29. The Labute approximate surface area is 210 Å². The fourth-order valence-electron chi connectivity index (χ4n) is 5.07. The maximum atomic E-state index is 11.1. The van der Waals surface area contributed by atoms with Crippen molar-refractivity contribution in [1.29, 1.82) is 0 Å². The first-order valence-electron chi connectivity index (χ1n) is 12.4. The molecule has 5 rings (SSSR count). The zero-order chi connectivity index (χ0) is 24.9. The number of aromatic nitrogens is 2. The Morgan fingerprint density at radius 1 is 0.972 bits per heavy atom. The van der Waals surface area contributed by atoms with Crippen LogP contribution >= 0.6 is 0 Å². The van der Waals surface area contributed by atoms with E-state index in [4.69, 9.17) is 9.84 Å². The van der Waals surface area contributed by atoms with Gasteiger partial charge in [-0.1, -0.05) is 42.5 Å². The molecular weight excluding hydrogens is 454 g/mol. The molecular formula is C29H31N3O4. The van der Waals surface area contributed by atoms with Crippen molar-refractivity contribution < 1.29 is 19.7 Å². The van der Waals surface area contributed by atoms with Gasteiger partial charge < -0.3 is 19.5 Å². The van der Waals surface area contributed by atoms with Gasteiger partial charge in [-0.2, -0.15) is 0 Å². The lowest BCUT2D eigenvalue weighted by molar-refractivity contribution is 0.0697. The van der Waals surface area contributed by atoms with Crippen molar-refractivity contribution in [3.63, 3.8) is 0 Å². The Morgan fingerprint density at radius 3 is 2.44 bits per heavy atom. The zero-order valence-electron chi connectivity index (χ0n) is 20.2. The van der Waals surface area contributed by atoms with Crippen LogP contribution in [0.2, 0.25) is 0 Å². The van der Waals surface area contributed by atoms with Gasteiger partial charge in [-0.15, -0.1) is 0 Å². The lowest BCUT2D eigenvalue weighted by Crippen LogP contribution is -2.37. The molecule has 1 aliphatic heterocycles. The summed E-state index contributed by atoms with van der Waals surface area (Å²) < 4.78 is 8.41. The van der Waals surface area contributed by atoms with Crippen LogP contribution in [0.15, 0.2) is 72.8 Å². The number of aliphatic hydroxyl groups excluding tert-OH is 1. The standard InChI is InChI=1S/C29H31N3O4/c33-20-28-30-25-6-2-3-7-26(25)32(28)24-13-15-31(16-14-24)17-18-36-27-8-4-1-5-23(27)19-21-9-11-22(12-10-21)29(34)35/h1-12,24,33H,13-20H2,(H,34,35). The molecule has 0 aliphatic carbocycles. The van der Waals surface area contributed by atoms with Gasteiger partial charge in [0.15, 0.2) is 0 Å². The van der Waals surface area contributed by atoms with Crippen molar-refractivity contribution in [2.24, 2.45) is 0 Å². The molecule has 1 aromatic heterocycles. The minimum Gasteiger partial charge on any atom is -0.492 e. The molecule has 1 fully saturated rings. The van der Waals surface area contributed by atoms with Crippen LogP contribution in [0.5, 0.6) is 5.75 Å². The maximum absolute atomic E-state index is 11.1. The molecule has 3 aromatic carbocycles. The lowest BCUT2D eigenvalue weighted by atomic mass is 10.0. The van der Waals surface area contributed by atoms with Crippen LogP contribution in [0.1, 0.15) is 46.2 Å². The van der Waals surface area contributed by atoms with E-state index in [2.05, 4.69) is 26.6 Å². The monoisotopic (exact) mass is 485 g/mol. The predicted octanol–water partition coefficient (Wildman–Crippen LogP) is 4.53. The van der Waals surface area contributed by atoms with Crippen molar-refractivity contribution in [2.75, 3.05) is 26.2 Å². The van der Waals surface area contributed by atoms with Gasteiger partial charge in [-0.05, 0) is 54.3 Å². The first kappa shape index (κ1) is 24.0. The van der Waals surface area contributed by atoms with Gasteiger partial charge in [0.1, 0.15) is 24.8 Å². The number of para-hydroxylation sites is 3. The number of benzene rings is 3.